The van der Waals surface area contributed by atoms with Crippen molar-refractivity contribution in [3.8, 4) is 0 Å². The quantitative estimate of drug-likeness (QED) is 0.842. The number of nitrogens with zero attached hydrogens (tertiary/aromatic N) is 1. The average molecular weight is 290 g/mol. The van der Waals surface area contributed by atoms with Crippen LogP contribution in [0.4, 0.5) is 5.69 Å². The van der Waals surface area contributed by atoms with Gasteiger partial charge in [0, 0.05) is 18.7 Å². The van der Waals surface area contributed by atoms with E-state index in [4.69, 9.17) is 5.11 Å². The van der Waals surface area contributed by atoms with Crippen LogP contribution in [-0.4, -0.2) is 41.5 Å². The highest BCUT2D eigenvalue weighted by atomic mass is 16.4. The van der Waals surface area contributed by atoms with Crippen LogP contribution in [0, 0.1) is 5.92 Å². The summed E-state index contributed by atoms with van der Waals surface area (Å²) in [5.41, 5.74) is 0.825. The Bertz CT molecular complexity index is 476. The zero-order valence-electron chi connectivity index (χ0n) is 12.1. The Kier molecular flexibility index (Phi) is 5.75. The number of para-hydroxylation sites is 1. The number of carboxylic acids is 1. The van der Waals surface area contributed by atoms with Crippen LogP contribution in [0.3, 0.4) is 0 Å². The largest absolute Gasteiger partial charge is 0.481 e. The molecule has 0 saturated carbocycles. The normalized spacial score (nSPS) is 19.1. The highest BCUT2D eigenvalue weighted by Crippen LogP contribution is 2.19. The minimum Gasteiger partial charge on any atom is -0.481 e. The molecule has 1 atom stereocenters. The van der Waals surface area contributed by atoms with E-state index in [0.717, 1.165) is 38.2 Å². The Morgan fingerprint density at radius 3 is 2.76 bits per heavy atom. The van der Waals surface area contributed by atoms with Crippen LogP contribution in [0.15, 0.2) is 30.3 Å². The van der Waals surface area contributed by atoms with Gasteiger partial charge in [-0.25, -0.2) is 0 Å². The lowest BCUT2D eigenvalue weighted by molar-refractivity contribution is -0.137. The summed E-state index contributed by atoms with van der Waals surface area (Å²) in [5.74, 6) is -0.710. The number of benzene rings is 1. The molecule has 0 aliphatic carbocycles. The maximum absolute atomic E-state index is 12.3. The first-order valence-corrected chi connectivity index (χ1v) is 7.45. The monoisotopic (exact) mass is 290 g/mol. The summed E-state index contributed by atoms with van der Waals surface area (Å²) in [6, 6.07) is 9.47. The number of hydrogen-bond acceptors (Lipinski definition) is 3. The molecule has 1 saturated heterocycles. The highest BCUT2D eigenvalue weighted by molar-refractivity contribution is 5.92. The Morgan fingerprint density at radius 1 is 1.29 bits per heavy atom. The lowest BCUT2D eigenvalue weighted by Gasteiger charge is -2.31. The molecule has 0 bridgehead atoms. The molecule has 1 aliphatic heterocycles. The number of nitrogens with one attached hydrogen (secondary N) is 1. The molecular formula is C16H22N2O3. The molecule has 1 heterocycles. The zero-order chi connectivity index (χ0) is 15.1. The molecule has 2 N–H and O–H groups in total. The van der Waals surface area contributed by atoms with Gasteiger partial charge in [-0.2, -0.15) is 0 Å². The zero-order valence-corrected chi connectivity index (χ0v) is 12.1. The Morgan fingerprint density at radius 2 is 2.05 bits per heavy atom. The van der Waals surface area contributed by atoms with Gasteiger partial charge in [0.15, 0.2) is 0 Å². The van der Waals surface area contributed by atoms with E-state index in [9.17, 15) is 9.59 Å². The fourth-order valence-corrected chi connectivity index (χ4v) is 2.69. The van der Waals surface area contributed by atoms with Crippen LogP contribution in [0.2, 0.25) is 0 Å². The second-order valence-corrected chi connectivity index (χ2v) is 5.49. The molecule has 0 spiro atoms. The third-order valence-electron chi connectivity index (χ3n) is 3.78. The van der Waals surface area contributed by atoms with Gasteiger partial charge in [0.25, 0.3) is 0 Å². The van der Waals surface area contributed by atoms with E-state index < -0.39 is 5.97 Å². The number of rotatable bonds is 6. The van der Waals surface area contributed by atoms with Crippen LogP contribution in [-0.2, 0) is 9.59 Å². The second kappa shape index (κ2) is 7.78. The smallest absolute Gasteiger partial charge is 0.303 e. The molecule has 0 aromatic heterocycles. The molecule has 0 unspecified atom stereocenters. The number of amides is 1. The molecule has 1 aliphatic rings. The molecule has 21 heavy (non-hydrogen) atoms. The number of piperidine rings is 1. The van der Waals surface area contributed by atoms with E-state index in [1.54, 1.807) is 0 Å². The highest BCUT2D eigenvalue weighted by Gasteiger charge is 2.25. The van der Waals surface area contributed by atoms with Crippen LogP contribution < -0.4 is 5.32 Å². The number of aliphatic carboxylic acids is 1. The Balaban J connectivity index is 1.80. The van der Waals surface area contributed by atoms with Crippen molar-refractivity contribution in [1.29, 1.82) is 0 Å². The lowest BCUT2D eigenvalue weighted by atomic mass is 9.96. The summed E-state index contributed by atoms with van der Waals surface area (Å²) >= 11 is 0. The summed E-state index contributed by atoms with van der Waals surface area (Å²) in [6.45, 7) is 2.43. The first kappa shape index (κ1) is 15.5. The Hall–Kier alpha value is -1.88. The fraction of sp³-hybridized carbons (Fsp3) is 0.500. The summed E-state index contributed by atoms with van der Waals surface area (Å²) in [6.07, 6.45) is 2.72. The van der Waals surface area contributed by atoms with Gasteiger partial charge in [-0.05, 0) is 44.5 Å². The van der Waals surface area contributed by atoms with E-state index in [-0.39, 0.29) is 18.2 Å². The minimum absolute atomic E-state index is 0.0104. The SMILES string of the molecule is O=C(O)CCCN1CCC[C@@H](C(=O)Nc2ccccc2)C1. The van der Waals surface area contributed by atoms with Crippen molar-refractivity contribution in [3.05, 3.63) is 30.3 Å². The fourth-order valence-electron chi connectivity index (χ4n) is 2.69. The number of anilines is 1. The van der Waals surface area contributed by atoms with Gasteiger partial charge in [-0.3, -0.25) is 9.59 Å². The standard InChI is InChI=1S/C16H22N2O3/c19-15(20)9-5-11-18-10-4-6-13(12-18)16(21)17-14-7-2-1-3-8-14/h1-3,7-8,13H,4-6,9-12H2,(H,17,21)(H,19,20)/t13-/m1/s1. The molecule has 1 amide bonds. The van der Waals surface area contributed by atoms with Crippen LogP contribution in [0.5, 0.6) is 0 Å². The molecular weight excluding hydrogens is 268 g/mol. The van der Waals surface area contributed by atoms with Gasteiger partial charge in [-0.1, -0.05) is 18.2 Å². The van der Waals surface area contributed by atoms with E-state index >= 15 is 0 Å². The van der Waals surface area contributed by atoms with E-state index in [2.05, 4.69) is 10.2 Å². The third kappa shape index (κ3) is 5.19. The van der Waals surface area contributed by atoms with Crippen LogP contribution in [0.25, 0.3) is 0 Å². The van der Waals surface area contributed by atoms with Crippen molar-refractivity contribution in [1.82, 2.24) is 4.90 Å². The summed E-state index contributed by atoms with van der Waals surface area (Å²) in [5, 5.41) is 11.6. The van der Waals surface area contributed by atoms with Crippen molar-refractivity contribution in [2.45, 2.75) is 25.7 Å². The van der Waals surface area contributed by atoms with E-state index in [0.29, 0.717) is 6.42 Å². The van der Waals surface area contributed by atoms with E-state index in [1.165, 1.54) is 0 Å². The van der Waals surface area contributed by atoms with Crippen molar-refractivity contribution in [2.75, 3.05) is 25.0 Å². The summed E-state index contributed by atoms with van der Waals surface area (Å²) < 4.78 is 0. The number of carbonyl (C=O) groups is 2. The van der Waals surface area contributed by atoms with E-state index in [1.807, 2.05) is 30.3 Å². The predicted molar refractivity (Wildman–Crippen MR) is 81.1 cm³/mol. The number of carboxylic acid groups (broad SMARTS) is 1. The third-order valence-corrected chi connectivity index (χ3v) is 3.78. The Labute approximate surface area is 125 Å². The molecule has 2 rings (SSSR count). The first-order chi connectivity index (χ1) is 10.1. The lowest BCUT2D eigenvalue weighted by Crippen LogP contribution is -2.41. The molecule has 5 heteroatoms. The second-order valence-electron chi connectivity index (χ2n) is 5.49. The average Bonchev–Trinajstić information content (AvgIpc) is 2.48. The summed E-state index contributed by atoms with van der Waals surface area (Å²) in [7, 11) is 0. The van der Waals surface area contributed by atoms with Crippen LogP contribution >= 0.6 is 0 Å². The number of carbonyl (C=O) groups excluding carboxylic acids is 1. The molecule has 1 aromatic carbocycles. The van der Waals surface area contributed by atoms with Crippen molar-refractivity contribution >= 4 is 17.6 Å². The molecule has 1 fully saturated rings. The van der Waals surface area contributed by atoms with Gasteiger partial charge < -0.3 is 15.3 Å². The van der Waals surface area contributed by atoms with Crippen LogP contribution in [0.1, 0.15) is 25.7 Å². The molecule has 1 aromatic rings. The number of likely N-dealkylation sites (tertiary alicyclic amines) is 1. The molecule has 5 nitrogen and oxygen atoms in total. The minimum atomic E-state index is -0.759. The van der Waals surface area contributed by atoms with Gasteiger partial charge in [-0.15, -0.1) is 0 Å². The first-order valence-electron chi connectivity index (χ1n) is 7.45. The van der Waals surface area contributed by atoms with Gasteiger partial charge in [0.1, 0.15) is 0 Å². The number of hydrogen-bond donors (Lipinski definition) is 2. The molecule has 0 radical (unpaired) electrons. The van der Waals surface area contributed by atoms with Crippen molar-refractivity contribution in [2.24, 2.45) is 5.92 Å². The topological polar surface area (TPSA) is 69.6 Å². The maximum atomic E-state index is 12.3. The molecule has 114 valence electrons. The van der Waals surface area contributed by atoms with Crippen molar-refractivity contribution < 1.29 is 14.7 Å². The van der Waals surface area contributed by atoms with Gasteiger partial charge in [0.05, 0.1) is 5.92 Å². The summed E-state index contributed by atoms with van der Waals surface area (Å²) in [4.78, 5) is 25.0. The van der Waals surface area contributed by atoms with Gasteiger partial charge >= 0.3 is 5.97 Å². The predicted octanol–water partition coefficient (Wildman–Crippen LogP) is 2.20. The van der Waals surface area contributed by atoms with Gasteiger partial charge in [0.2, 0.25) is 5.91 Å². The van der Waals surface area contributed by atoms with Crippen molar-refractivity contribution in [3.63, 3.8) is 0 Å². The maximum Gasteiger partial charge on any atom is 0.303 e.